The van der Waals surface area contributed by atoms with Crippen LogP contribution < -0.4 is 4.90 Å². The van der Waals surface area contributed by atoms with Gasteiger partial charge in [0.1, 0.15) is 0 Å². The topological polar surface area (TPSA) is 15.6 Å². The monoisotopic (exact) mass is 378 g/mol. The molecule has 0 unspecified atom stereocenters. The Morgan fingerprint density at radius 1 is 0.950 bits per heavy atom. The zero-order valence-corrected chi connectivity index (χ0v) is 14.0. The van der Waals surface area contributed by atoms with Gasteiger partial charge in [-0.25, -0.2) is 0 Å². The van der Waals surface area contributed by atoms with Crippen LogP contribution in [-0.2, 0) is 0 Å². The Balaban J connectivity index is 2.08. The lowest BCUT2D eigenvalue weighted by atomic mass is 10.2. The van der Waals surface area contributed by atoms with E-state index in [2.05, 4.69) is 82.7 Å². The highest BCUT2D eigenvalue weighted by Crippen LogP contribution is 2.16. The number of aliphatic imine (C=N–C) groups is 1. The van der Waals surface area contributed by atoms with Crippen molar-refractivity contribution in [1.29, 1.82) is 0 Å². The molecule has 0 heterocycles. The van der Waals surface area contributed by atoms with Gasteiger partial charge in [0.2, 0.25) is 0 Å². The molecule has 0 saturated carbocycles. The summed E-state index contributed by atoms with van der Waals surface area (Å²) < 4.78 is 1.23. The average molecular weight is 378 g/mol. The summed E-state index contributed by atoms with van der Waals surface area (Å²) in [5.41, 5.74) is 3.37. The van der Waals surface area contributed by atoms with E-state index in [1.54, 1.807) is 0 Å². The van der Waals surface area contributed by atoms with Crippen molar-refractivity contribution in [2.75, 3.05) is 18.0 Å². The smallest absolute Gasteiger partial charge is 0.0630 e. The van der Waals surface area contributed by atoms with Gasteiger partial charge in [-0.3, -0.25) is 4.99 Å². The maximum Gasteiger partial charge on any atom is 0.0630 e. The molecule has 3 heteroatoms. The van der Waals surface area contributed by atoms with Gasteiger partial charge >= 0.3 is 0 Å². The first-order valence-electron chi connectivity index (χ1n) is 6.87. The van der Waals surface area contributed by atoms with Gasteiger partial charge in [-0.15, -0.1) is 0 Å². The van der Waals surface area contributed by atoms with Gasteiger partial charge in [0.15, 0.2) is 0 Å². The normalized spacial score (nSPS) is 10.9. The standard InChI is InChI=1S/C17H19IN2/c1-3-20(4-2)17-11-5-14(6-12-17)13-19-16-9-7-15(18)8-10-16/h5-13H,3-4H2,1-2H3. The van der Waals surface area contributed by atoms with Gasteiger partial charge in [0, 0.05) is 28.6 Å². The summed E-state index contributed by atoms with van der Waals surface area (Å²) in [4.78, 5) is 6.82. The number of benzene rings is 2. The third-order valence-corrected chi connectivity index (χ3v) is 3.93. The molecule has 20 heavy (non-hydrogen) atoms. The van der Waals surface area contributed by atoms with Crippen LogP contribution in [0.25, 0.3) is 0 Å². The molecule has 0 radical (unpaired) electrons. The van der Waals surface area contributed by atoms with Crippen molar-refractivity contribution in [2.45, 2.75) is 13.8 Å². The summed E-state index contributed by atoms with van der Waals surface area (Å²) in [6, 6.07) is 16.7. The van der Waals surface area contributed by atoms with Crippen LogP contribution in [0.5, 0.6) is 0 Å². The lowest BCUT2D eigenvalue weighted by Gasteiger charge is -2.20. The fourth-order valence-corrected chi connectivity index (χ4v) is 2.40. The van der Waals surface area contributed by atoms with Gasteiger partial charge in [0.05, 0.1) is 5.69 Å². The van der Waals surface area contributed by atoms with Crippen LogP contribution in [0.2, 0.25) is 0 Å². The first-order chi connectivity index (χ1) is 9.72. The van der Waals surface area contributed by atoms with Crippen LogP contribution >= 0.6 is 22.6 Å². The molecule has 0 N–H and O–H groups in total. The van der Waals surface area contributed by atoms with Crippen molar-refractivity contribution in [2.24, 2.45) is 4.99 Å². The average Bonchev–Trinajstić information content (AvgIpc) is 2.49. The SMILES string of the molecule is CCN(CC)c1ccc(C=Nc2ccc(I)cc2)cc1. The van der Waals surface area contributed by atoms with E-state index in [9.17, 15) is 0 Å². The van der Waals surface area contributed by atoms with E-state index in [1.807, 2.05) is 18.3 Å². The predicted octanol–water partition coefficient (Wildman–Crippen LogP) is 4.89. The second-order valence-electron chi connectivity index (χ2n) is 4.50. The Bertz CT molecular complexity index is 555. The quantitative estimate of drug-likeness (QED) is 0.535. The first kappa shape index (κ1) is 15.0. The Labute approximate surface area is 134 Å². The van der Waals surface area contributed by atoms with E-state index >= 15 is 0 Å². The molecule has 0 aliphatic rings. The molecule has 0 amide bonds. The molecule has 0 aliphatic carbocycles. The van der Waals surface area contributed by atoms with Gasteiger partial charge in [-0.1, -0.05) is 12.1 Å². The zero-order valence-electron chi connectivity index (χ0n) is 11.9. The van der Waals surface area contributed by atoms with E-state index in [0.29, 0.717) is 0 Å². The van der Waals surface area contributed by atoms with Gasteiger partial charge in [-0.05, 0) is 78.4 Å². The molecule has 0 atom stereocenters. The first-order valence-corrected chi connectivity index (χ1v) is 7.95. The van der Waals surface area contributed by atoms with Crippen molar-refractivity contribution in [3.05, 3.63) is 57.7 Å². The molecule has 0 aliphatic heterocycles. The Morgan fingerprint density at radius 2 is 1.55 bits per heavy atom. The third-order valence-electron chi connectivity index (χ3n) is 3.21. The Kier molecular flexibility index (Phi) is 5.59. The van der Waals surface area contributed by atoms with Crippen LogP contribution in [0.3, 0.4) is 0 Å². The Morgan fingerprint density at radius 3 is 2.10 bits per heavy atom. The Hall–Kier alpha value is -1.36. The van der Waals surface area contributed by atoms with Crippen molar-refractivity contribution in [1.82, 2.24) is 0 Å². The van der Waals surface area contributed by atoms with Gasteiger partial charge in [0.25, 0.3) is 0 Å². The number of anilines is 1. The summed E-state index contributed by atoms with van der Waals surface area (Å²) >= 11 is 2.30. The lowest BCUT2D eigenvalue weighted by molar-refractivity contribution is 0.866. The number of rotatable bonds is 5. The van der Waals surface area contributed by atoms with E-state index in [0.717, 1.165) is 24.3 Å². The van der Waals surface area contributed by atoms with Crippen LogP contribution in [0.15, 0.2) is 53.5 Å². The molecule has 104 valence electrons. The number of hydrogen-bond acceptors (Lipinski definition) is 2. The molecule has 2 aromatic carbocycles. The van der Waals surface area contributed by atoms with E-state index in [4.69, 9.17) is 0 Å². The highest BCUT2D eigenvalue weighted by Gasteiger charge is 2.00. The molecule has 0 saturated heterocycles. The lowest BCUT2D eigenvalue weighted by Crippen LogP contribution is -2.21. The van der Waals surface area contributed by atoms with Crippen molar-refractivity contribution >= 4 is 40.2 Å². The fourth-order valence-electron chi connectivity index (χ4n) is 2.04. The minimum atomic E-state index is 0.984. The molecule has 0 bridgehead atoms. The summed E-state index contributed by atoms with van der Waals surface area (Å²) in [5.74, 6) is 0. The molecule has 2 nitrogen and oxygen atoms in total. The maximum atomic E-state index is 4.49. The van der Waals surface area contributed by atoms with Gasteiger partial charge < -0.3 is 4.90 Å². The largest absolute Gasteiger partial charge is 0.372 e. The van der Waals surface area contributed by atoms with E-state index in [1.165, 1.54) is 9.26 Å². The second-order valence-corrected chi connectivity index (χ2v) is 5.74. The molecule has 2 aromatic rings. The summed E-state index contributed by atoms with van der Waals surface area (Å²) in [6.45, 7) is 6.42. The number of hydrogen-bond donors (Lipinski definition) is 0. The van der Waals surface area contributed by atoms with Gasteiger partial charge in [-0.2, -0.15) is 0 Å². The van der Waals surface area contributed by atoms with Crippen LogP contribution in [-0.4, -0.2) is 19.3 Å². The molecule has 0 spiro atoms. The second kappa shape index (κ2) is 7.43. The van der Waals surface area contributed by atoms with Crippen molar-refractivity contribution < 1.29 is 0 Å². The molecule has 0 fully saturated rings. The maximum absolute atomic E-state index is 4.49. The van der Waals surface area contributed by atoms with Crippen LogP contribution in [0, 0.1) is 3.57 Å². The zero-order chi connectivity index (χ0) is 14.4. The minimum absolute atomic E-state index is 0.984. The molecular weight excluding hydrogens is 359 g/mol. The van der Waals surface area contributed by atoms with E-state index in [-0.39, 0.29) is 0 Å². The molecule has 2 rings (SSSR count). The number of halogens is 1. The summed E-state index contributed by atoms with van der Waals surface area (Å²) in [6.07, 6.45) is 1.91. The fraction of sp³-hybridized carbons (Fsp3) is 0.235. The highest BCUT2D eigenvalue weighted by atomic mass is 127. The van der Waals surface area contributed by atoms with Crippen LogP contribution in [0.4, 0.5) is 11.4 Å². The minimum Gasteiger partial charge on any atom is -0.372 e. The number of nitrogens with zero attached hydrogens (tertiary/aromatic N) is 2. The van der Waals surface area contributed by atoms with Crippen LogP contribution in [0.1, 0.15) is 19.4 Å². The summed E-state index contributed by atoms with van der Waals surface area (Å²) in [5, 5.41) is 0. The predicted molar refractivity (Wildman–Crippen MR) is 96.4 cm³/mol. The molecular formula is C17H19IN2. The summed E-state index contributed by atoms with van der Waals surface area (Å²) in [7, 11) is 0. The molecule has 0 aromatic heterocycles. The highest BCUT2D eigenvalue weighted by molar-refractivity contribution is 14.1. The third kappa shape index (κ3) is 4.07. The van der Waals surface area contributed by atoms with E-state index < -0.39 is 0 Å². The van der Waals surface area contributed by atoms with Crippen molar-refractivity contribution in [3.8, 4) is 0 Å². The van der Waals surface area contributed by atoms with Crippen molar-refractivity contribution in [3.63, 3.8) is 0 Å².